The topological polar surface area (TPSA) is 12.0 Å². The SMILES string of the molecule is CCNC(Cc1ccc(CC)cc1)c1ccc(Br)cc1F. The maximum absolute atomic E-state index is 14.2. The van der Waals surface area contributed by atoms with Crippen LogP contribution in [-0.4, -0.2) is 6.54 Å². The van der Waals surface area contributed by atoms with Gasteiger partial charge in [-0.1, -0.05) is 60.1 Å². The van der Waals surface area contributed by atoms with Gasteiger partial charge in [-0.15, -0.1) is 0 Å². The predicted molar refractivity (Wildman–Crippen MR) is 90.0 cm³/mol. The number of hydrogen-bond donors (Lipinski definition) is 1. The van der Waals surface area contributed by atoms with E-state index in [1.807, 2.05) is 19.1 Å². The third-order valence-corrected chi connectivity index (χ3v) is 4.15. The van der Waals surface area contributed by atoms with E-state index in [1.165, 1.54) is 17.2 Å². The fourth-order valence-electron chi connectivity index (χ4n) is 2.47. The van der Waals surface area contributed by atoms with Crippen molar-refractivity contribution in [2.24, 2.45) is 0 Å². The molecule has 1 N–H and O–H groups in total. The molecule has 0 amide bonds. The first-order valence-electron chi connectivity index (χ1n) is 7.40. The van der Waals surface area contributed by atoms with Crippen LogP contribution in [0.3, 0.4) is 0 Å². The summed E-state index contributed by atoms with van der Waals surface area (Å²) in [5, 5.41) is 3.38. The lowest BCUT2D eigenvalue weighted by atomic mass is 9.97. The average molecular weight is 350 g/mol. The number of likely N-dealkylation sites (N-methyl/N-ethyl adjacent to an activating group) is 1. The molecule has 112 valence electrons. The summed E-state index contributed by atoms with van der Waals surface area (Å²) in [6.45, 7) is 5.00. The lowest BCUT2D eigenvalue weighted by Crippen LogP contribution is -2.24. The van der Waals surface area contributed by atoms with Crippen LogP contribution in [-0.2, 0) is 12.8 Å². The van der Waals surface area contributed by atoms with Gasteiger partial charge in [0.1, 0.15) is 5.82 Å². The van der Waals surface area contributed by atoms with Gasteiger partial charge in [-0.25, -0.2) is 4.39 Å². The zero-order valence-corrected chi connectivity index (χ0v) is 14.1. The number of aryl methyl sites for hydroxylation is 1. The van der Waals surface area contributed by atoms with Crippen LogP contribution in [0.15, 0.2) is 46.9 Å². The van der Waals surface area contributed by atoms with Crippen molar-refractivity contribution in [3.05, 3.63) is 69.4 Å². The molecule has 0 saturated heterocycles. The van der Waals surface area contributed by atoms with Gasteiger partial charge in [0.2, 0.25) is 0 Å². The van der Waals surface area contributed by atoms with Gasteiger partial charge >= 0.3 is 0 Å². The molecule has 0 aliphatic carbocycles. The van der Waals surface area contributed by atoms with Crippen LogP contribution in [0, 0.1) is 5.82 Å². The summed E-state index contributed by atoms with van der Waals surface area (Å²) in [5.41, 5.74) is 3.27. The number of benzene rings is 2. The molecule has 0 saturated carbocycles. The molecular weight excluding hydrogens is 329 g/mol. The molecule has 2 aromatic rings. The van der Waals surface area contributed by atoms with Crippen molar-refractivity contribution < 1.29 is 4.39 Å². The molecule has 0 heterocycles. The zero-order chi connectivity index (χ0) is 15.2. The van der Waals surface area contributed by atoms with E-state index in [2.05, 4.69) is 52.4 Å². The Morgan fingerprint density at radius 3 is 2.29 bits per heavy atom. The quantitative estimate of drug-likeness (QED) is 0.769. The largest absolute Gasteiger partial charge is 0.310 e. The van der Waals surface area contributed by atoms with E-state index < -0.39 is 0 Å². The van der Waals surface area contributed by atoms with Gasteiger partial charge in [-0.3, -0.25) is 0 Å². The molecule has 0 fully saturated rings. The van der Waals surface area contributed by atoms with Crippen LogP contribution in [0.4, 0.5) is 4.39 Å². The van der Waals surface area contributed by atoms with Crippen molar-refractivity contribution in [1.29, 1.82) is 0 Å². The van der Waals surface area contributed by atoms with Crippen molar-refractivity contribution in [3.8, 4) is 0 Å². The summed E-state index contributed by atoms with van der Waals surface area (Å²) in [6, 6.07) is 13.8. The molecule has 0 bridgehead atoms. The van der Waals surface area contributed by atoms with E-state index in [9.17, 15) is 4.39 Å². The number of hydrogen-bond acceptors (Lipinski definition) is 1. The fourth-order valence-corrected chi connectivity index (χ4v) is 2.80. The highest BCUT2D eigenvalue weighted by Gasteiger charge is 2.15. The van der Waals surface area contributed by atoms with Crippen molar-refractivity contribution in [2.45, 2.75) is 32.7 Å². The highest BCUT2D eigenvalue weighted by Crippen LogP contribution is 2.24. The van der Waals surface area contributed by atoms with Crippen LogP contribution in [0.25, 0.3) is 0 Å². The molecule has 0 radical (unpaired) electrons. The van der Waals surface area contributed by atoms with Crippen LogP contribution in [0.1, 0.15) is 36.6 Å². The maximum atomic E-state index is 14.2. The first-order chi connectivity index (χ1) is 10.1. The van der Waals surface area contributed by atoms with E-state index in [0.717, 1.165) is 29.4 Å². The van der Waals surface area contributed by atoms with Gasteiger partial charge in [0, 0.05) is 16.1 Å². The summed E-state index contributed by atoms with van der Waals surface area (Å²) < 4.78 is 14.9. The molecule has 3 heteroatoms. The van der Waals surface area contributed by atoms with Gasteiger partial charge in [0.05, 0.1) is 0 Å². The van der Waals surface area contributed by atoms with Gasteiger partial charge in [0.25, 0.3) is 0 Å². The molecule has 2 rings (SSSR count). The Morgan fingerprint density at radius 2 is 1.71 bits per heavy atom. The maximum Gasteiger partial charge on any atom is 0.129 e. The fraction of sp³-hybridized carbons (Fsp3) is 0.333. The summed E-state index contributed by atoms with van der Waals surface area (Å²) in [6.07, 6.45) is 1.83. The van der Waals surface area contributed by atoms with Crippen molar-refractivity contribution in [3.63, 3.8) is 0 Å². The standard InChI is InChI=1S/C18H21BrFN/c1-3-13-5-7-14(8-6-13)11-18(21-4-2)16-10-9-15(19)12-17(16)20/h5-10,12,18,21H,3-4,11H2,1-2H3. The molecule has 0 aliphatic rings. The molecule has 0 aromatic heterocycles. The summed E-state index contributed by atoms with van der Waals surface area (Å²) in [5.74, 6) is -0.166. The Hall–Kier alpha value is -1.19. The summed E-state index contributed by atoms with van der Waals surface area (Å²) in [7, 11) is 0. The first-order valence-corrected chi connectivity index (χ1v) is 8.19. The third-order valence-electron chi connectivity index (χ3n) is 3.66. The van der Waals surface area contributed by atoms with Crippen LogP contribution in [0.5, 0.6) is 0 Å². The summed E-state index contributed by atoms with van der Waals surface area (Å²) in [4.78, 5) is 0. The van der Waals surface area contributed by atoms with E-state index in [1.54, 1.807) is 0 Å². The minimum atomic E-state index is -0.166. The molecule has 1 atom stereocenters. The average Bonchev–Trinajstić information content (AvgIpc) is 2.48. The Bertz CT molecular complexity index is 580. The number of rotatable bonds is 6. The third kappa shape index (κ3) is 4.39. The predicted octanol–water partition coefficient (Wildman–Crippen LogP) is 5.04. The first kappa shape index (κ1) is 16.2. The van der Waals surface area contributed by atoms with Crippen LogP contribution >= 0.6 is 15.9 Å². The highest BCUT2D eigenvalue weighted by atomic mass is 79.9. The zero-order valence-electron chi connectivity index (χ0n) is 12.5. The van der Waals surface area contributed by atoms with E-state index in [4.69, 9.17) is 0 Å². The molecule has 21 heavy (non-hydrogen) atoms. The molecule has 0 aliphatic heterocycles. The van der Waals surface area contributed by atoms with Crippen LogP contribution in [0.2, 0.25) is 0 Å². The van der Waals surface area contributed by atoms with Crippen molar-refractivity contribution >= 4 is 15.9 Å². The van der Waals surface area contributed by atoms with E-state index >= 15 is 0 Å². The lowest BCUT2D eigenvalue weighted by Gasteiger charge is -2.19. The number of nitrogens with one attached hydrogen (secondary N) is 1. The van der Waals surface area contributed by atoms with Crippen molar-refractivity contribution in [1.82, 2.24) is 5.32 Å². The van der Waals surface area contributed by atoms with E-state index in [-0.39, 0.29) is 11.9 Å². The highest BCUT2D eigenvalue weighted by molar-refractivity contribution is 9.10. The molecular formula is C18H21BrFN. The second kappa shape index (κ2) is 7.71. The molecule has 1 unspecified atom stereocenters. The van der Waals surface area contributed by atoms with Gasteiger partial charge < -0.3 is 5.32 Å². The Balaban J connectivity index is 2.21. The van der Waals surface area contributed by atoms with Gasteiger partial charge in [0.15, 0.2) is 0 Å². The second-order valence-electron chi connectivity index (χ2n) is 5.15. The van der Waals surface area contributed by atoms with Gasteiger partial charge in [-0.05, 0) is 42.6 Å². The Kier molecular flexibility index (Phi) is 5.95. The Morgan fingerprint density at radius 1 is 1.05 bits per heavy atom. The van der Waals surface area contributed by atoms with Crippen LogP contribution < -0.4 is 5.32 Å². The second-order valence-corrected chi connectivity index (χ2v) is 6.07. The minimum absolute atomic E-state index is 0.00410. The normalized spacial score (nSPS) is 12.4. The van der Waals surface area contributed by atoms with Crippen molar-refractivity contribution in [2.75, 3.05) is 6.54 Å². The van der Waals surface area contributed by atoms with E-state index in [0.29, 0.717) is 0 Å². The minimum Gasteiger partial charge on any atom is -0.310 e. The van der Waals surface area contributed by atoms with Gasteiger partial charge in [-0.2, -0.15) is 0 Å². The molecule has 1 nitrogen and oxygen atoms in total. The molecule has 0 spiro atoms. The summed E-state index contributed by atoms with van der Waals surface area (Å²) >= 11 is 3.31. The Labute approximate surface area is 134 Å². The smallest absolute Gasteiger partial charge is 0.129 e. The monoisotopic (exact) mass is 349 g/mol. The lowest BCUT2D eigenvalue weighted by molar-refractivity contribution is 0.509. The number of halogens is 2. The molecule has 2 aromatic carbocycles.